The average molecular weight is 359 g/mol. The highest BCUT2D eigenvalue weighted by Gasteiger charge is 2.09. The molecule has 3 rings (SSSR count). The summed E-state index contributed by atoms with van der Waals surface area (Å²) >= 11 is 5.09. The first-order chi connectivity index (χ1) is 10.2. The fraction of sp³-hybridized carbons (Fsp3) is 0.111. The zero-order valence-electron chi connectivity index (χ0n) is 11.4. The third-order valence-electron chi connectivity index (χ3n) is 3.38. The number of halogens is 1. The summed E-state index contributed by atoms with van der Waals surface area (Å²) in [6.45, 7) is 0. The van der Waals surface area contributed by atoms with Gasteiger partial charge in [0.05, 0.1) is 6.10 Å². The van der Waals surface area contributed by atoms with Crippen molar-refractivity contribution in [1.29, 1.82) is 0 Å². The van der Waals surface area contributed by atoms with E-state index in [4.69, 9.17) is 0 Å². The zero-order valence-corrected chi connectivity index (χ0v) is 13.8. The maximum atomic E-state index is 10.4. The van der Waals surface area contributed by atoms with E-state index in [9.17, 15) is 5.11 Å². The summed E-state index contributed by atoms with van der Waals surface area (Å²) in [5, 5.41) is 12.7. The Kier molecular flexibility index (Phi) is 4.63. The van der Waals surface area contributed by atoms with E-state index in [1.807, 2.05) is 30.3 Å². The van der Waals surface area contributed by atoms with Crippen LogP contribution in [0, 0.1) is 0 Å². The van der Waals surface area contributed by atoms with E-state index < -0.39 is 6.10 Å². The van der Waals surface area contributed by atoms with Crippen molar-refractivity contribution in [2.75, 3.05) is 5.75 Å². The largest absolute Gasteiger partial charge is 0.388 e. The standard InChI is InChI=1S/C18H15BrOS/c19-16-7-9-17(10-8-16)21-12-18(20)15-6-5-13-3-1-2-4-14(13)11-15/h1-11,18,20H,12H2. The molecule has 106 valence electrons. The van der Waals surface area contributed by atoms with Crippen LogP contribution < -0.4 is 0 Å². The fourth-order valence-corrected chi connectivity index (χ4v) is 3.35. The van der Waals surface area contributed by atoms with Crippen molar-refractivity contribution in [2.45, 2.75) is 11.0 Å². The lowest BCUT2D eigenvalue weighted by atomic mass is 10.0. The van der Waals surface area contributed by atoms with Crippen molar-refractivity contribution in [3.63, 3.8) is 0 Å². The number of aliphatic hydroxyl groups excluding tert-OH is 1. The molecule has 3 heteroatoms. The molecule has 0 saturated carbocycles. The summed E-state index contributed by atoms with van der Waals surface area (Å²) in [6.07, 6.45) is -0.455. The minimum absolute atomic E-state index is 0.455. The van der Waals surface area contributed by atoms with Gasteiger partial charge in [0.2, 0.25) is 0 Å². The minimum Gasteiger partial charge on any atom is -0.388 e. The van der Waals surface area contributed by atoms with Gasteiger partial charge in [0.25, 0.3) is 0 Å². The molecule has 0 radical (unpaired) electrons. The monoisotopic (exact) mass is 358 g/mol. The number of thioether (sulfide) groups is 1. The topological polar surface area (TPSA) is 20.2 Å². The van der Waals surface area contributed by atoms with Crippen LogP contribution >= 0.6 is 27.7 Å². The molecule has 3 aromatic rings. The predicted octanol–water partition coefficient (Wildman–Crippen LogP) is 5.43. The molecular weight excluding hydrogens is 344 g/mol. The van der Waals surface area contributed by atoms with Crippen molar-refractivity contribution in [2.24, 2.45) is 0 Å². The number of rotatable bonds is 4. The van der Waals surface area contributed by atoms with Gasteiger partial charge in [-0.2, -0.15) is 0 Å². The van der Waals surface area contributed by atoms with Gasteiger partial charge in [0, 0.05) is 15.1 Å². The van der Waals surface area contributed by atoms with Crippen molar-refractivity contribution in [1.82, 2.24) is 0 Å². The van der Waals surface area contributed by atoms with E-state index in [0.717, 1.165) is 14.9 Å². The van der Waals surface area contributed by atoms with Crippen molar-refractivity contribution >= 4 is 38.5 Å². The Labute approximate surface area is 137 Å². The molecule has 0 aliphatic rings. The third-order valence-corrected chi connectivity index (χ3v) is 5.00. The lowest BCUT2D eigenvalue weighted by Gasteiger charge is -2.12. The Morgan fingerprint density at radius 3 is 2.38 bits per heavy atom. The van der Waals surface area contributed by atoms with Crippen LogP contribution in [0.5, 0.6) is 0 Å². The Hall–Kier alpha value is -1.29. The number of benzene rings is 3. The quantitative estimate of drug-likeness (QED) is 0.627. The van der Waals surface area contributed by atoms with Crippen molar-refractivity contribution < 1.29 is 5.11 Å². The van der Waals surface area contributed by atoms with Crippen LogP contribution in [0.15, 0.2) is 76.1 Å². The van der Waals surface area contributed by atoms with E-state index in [1.54, 1.807) is 11.8 Å². The molecule has 1 unspecified atom stereocenters. The average Bonchev–Trinajstić information content (AvgIpc) is 2.53. The van der Waals surface area contributed by atoms with Crippen LogP contribution in [0.3, 0.4) is 0 Å². The van der Waals surface area contributed by atoms with Crippen molar-refractivity contribution in [3.8, 4) is 0 Å². The highest BCUT2D eigenvalue weighted by molar-refractivity contribution is 9.10. The molecule has 0 aromatic heterocycles. The van der Waals surface area contributed by atoms with Gasteiger partial charge in [-0.1, -0.05) is 52.3 Å². The van der Waals surface area contributed by atoms with Gasteiger partial charge < -0.3 is 5.11 Å². The first-order valence-electron chi connectivity index (χ1n) is 6.77. The van der Waals surface area contributed by atoms with E-state index in [2.05, 4.69) is 52.3 Å². The summed E-state index contributed by atoms with van der Waals surface area (Å²) in [6, 6.07) is 22.5. The second-order valence-electron chi connectivity index (χ2n) is 4.89. The third kappa shape index (κ3) is 3.67. The summed E-state index contributed by atoms with van der Waals surface area (Å²) in [5.41, 5.74) is 0.971. The Bertz CT molecular complexity index is 740. The molecule has 0 amide bonds. The van der Waals surface area contributed by atoms with E-state index in [1.165, 1.54) is 10.8 Å². The van der Waals surface area contributed by atoms with Crippen LogP contribution in [0.25, 0.3) is 10.8 Å². The Morgan fingerprint density at radius 2 is 1.62 bits per heavy atom. The normalized spacial score (nSPS) is 12.5. The molecule has 3 aromatic carbocycles. The van der Waals surface area contributed by atoms with Crippen LogP contribution in [0.1, 0.15) is 11.7 Å². The smallest absolute Gasteiger partial charge is 0.0884 e. The molecule has 1 nitrogen and oxygen atoms in total. The number of hydrogen-bond acceptors (Lipinski definition) is 2. The molecule has 1 N–H and O–H groups in total. The summed E-state index contributed by atoms with van der Waals surface area (Å²) in [7, 11) is 0. The first-order valence-corrected chi connectivity index (χ1v) is 8.55. The van der Waals surface area contributed by atoms with Crippen LogP contribution in [0.4, 0.5) is 0 Å². The van der Waals surface area contributed by atoms with Gasteiger partial charge in [0.1, 0.15) is 0 Å². The molecule has 21 heavy (non-hydrogen) atoms. The lowest BCUT2D eigenvalue weighted by molar-refractivity contribution is 0.204. The predicted molar refractivity (Wildman–Crippen MR) is 93.8 cm³/mol. The van der Waals surface area contributed by atoms with Gasteiger partial charge in [-0.05, 0) is 46.7 Å². The Morgan fingerprint density at radius 1 is 0.905 bits per heavy atom. The van der Waals surface area contributed by atoms with Crippen LogP contribution in [0.2, 0.25) is 0 Å². The van der Waals surface area contributed by atoms with Gasteiger partial charge in [0.15, 0.2) is 0 Å². The molecule has 0 bridgehead atoms. The second-order valence-corrected chi connectivity index (χ2v) is 6.90. The zero-order chi connectivity index (χ0) is 14.7. The van der Waals surface area contributed by atoms with Gasteiger partial charge in [-0.3, -0.25) is 0 Å². The van der Waals surface area contributed by atoms with Gasteiger partial charge >= 0.3 is 0 Å². The molecule has 1 atom stereocenters. The second kappa shape index (κ2) is 6.65. The summed E-state index contributed by atoms with van der Waals surface area (Å²) < 4.78 is 1.07. The number of aliphatic hydroxyl groups is 1. The molecule has 0 aliphatic heterocycles. The van der Waals surface area contributed by atoms with Crippen molar-refractivity contribution in [3.05, 3.63) is 76.8 Å². The van der Waals surface area contributed by atoms with Gasteiger partial charge in [-0.15, -0.1) is 11.8 Å². The first kappa shape index (κ1) is 14.6. The molecule has 0 heterocycles. The Balaban J connectivity index is 1.71. The fourth-order valence-electron chi connectivity index (χ4n) is 2.22. The SMILES string of the molecule is OC(CSc1ccc(Br)cc1)c1ccc2ccccc2c1. The highest BCUT2D eigenvalue weighted by atomic mass is 79.9. The molecular formula is C18H15BrOS. The summed E-state index contributed by atoms with van der Waals surface area (Å²) in [5.74, 6) is 0.653. The molecule has 0 fully saturated rings. The molecule has 0 saturated heterocycles. The maximum absolute atomic E-state index is 10.4. The highest BCUT2D eigenvalue weighted by Crippen LogP contribution is 2.27. The van der Waals surface area contributed by atoms with E-state index >= 15 is 0 Å². The minimum atomic E-state index is -0.455. The lowest BCUT2D eigenvalue weighted by Crippen LogP contribution is -2.00. The van der Waals surface area contributed by atoms with Gasteiger partial charge in [-0.25, -0.2) is 0 Å². The maximum Gasteiger partial charge on any atom is 0.0884 e. The van der Waals surface area contributed by atoms with Crippen LogP contribution in [-0.2, 0) is 0 Å². The van der Waals surface area contributed by atoms with E-state index in [0.29, 0.717) is 5.75 Å². The summed E-state index contributed by atoms with van der Waals surface area (Å²) in [4.78, 5) is 1.16. The van der Waals surface area contributed by atoms with Crippen LogP contribution in [-0.4, -0.2) is 10.9 Å². The molecule has 0 spiro atoms. The number of hydrogen-bond donors (Lipinski definition) is 1. The number of fused-ring (bicyclic) bond motifs is 1. The van der Waals surface area contributed by atoms with E-state index in [-0.39, 0.29) is 0 Å². The molecule has 0 aliphatic carbocycles.